The van der Waals surface area contributed by atoms with Crippen LogP contribution in [-0.4, -0.2) is 40.2 Å². The van der Waals surface area contributed by atoms with Crippen LogP contribution in [0.3, 0.4) is 0 Å². The van der Waals surface area contributed by atoms with Gasteiger partial charge in [-0.3, -0.25) is 14.4 Å². The predicted octanol–water partition coefficient (Wildman–Crippen LogP) is -1.37. The first-order valence-electron chi connectivity index (χ1n) is 2.98. The van der Waals surface area contributed by atoms with Crippen molar-refractivity contribution in [2.24, 2.45) is 5.41 Å². The summed E-state index contributed by atoms with van der Waals surface area (Å²) in [5.74, 6) is -3.64. The molecule has 0 rings (SSSR count). The van der Waals surface area contributed by atoms with Gasteiger partial charge in [0.2, 0.25) is 11.7 Å². The zero-order chi connectivity index (χ0) is 9.78. The molecule has 0 aromatic rings. The maximum atomic E-state index is 10.3. The van der Waals surface area contributed by atoms with Crippen LogP contribution in [0.4, 0.5) is 0 Å². The molecule has 0 bridgehead atoms. The molecule has 0 aromatic carbocycles. The lowest BCUT2D eigenvalue weighted by molar-refractivity contribution is -0.159. The van der Waals surface area contributed by atoms with E-state index in [2.05, 4.69) is 0 Å². The van der Waals surface area contributed by atoms with Crippen molar-refractivity contribution in [2.45, 2.75) is 6.42 Å². The molecule has 3 N–H and O–H groups in total. The Bertz CT molecular complexity index is 194. The highest BCUT2D eigenvalue weighted by atomic mass is 16.4. The summed E-state index contributed by atoms with van der Waals surface area (Å²) in [6.07, 6.45) is 0.227. The topological polar surface area (TPSA) is 112 Å². The van der Waals surface area contributed by atoms with Crippen molar-refractivity contribution in [3.8, 4) is 0 Å². The molecule has 0 saturated heterocycles. The molecule has 1 radical (unpaired) electrons. The van der Waals surface area contributed by atoms with E-state index in [1.54, 1.807) is 0 Å². The number of aliphatic hydroxyl groups is 1. The Hall–Kier alpha value is -1.43. The molecule has 0 unspecified atom stereocenters. The highest BCUT2D eigenvalue weighted by Gasteiger charge is 2.47. The lowest BCUT2D eigenvalue weighted by Crippen LogP contribution is -2.41. The third kappa shape index (κ3) is 1.59. The molecule has 0 aliphatic rings. The Morgan fingerprint density at radius 1 is 1.25 bits per heavy atom. The minimum atomic E-state index is -2.63. The van der Waals surface area contributed by atoms with Gasteiger partial charge in [-0.05, 0) is 0 Å². The number of hydrogen-bond donors (Lipinski definition) is 3. The summed E-state index contributed by atoms with van der Waals surface area (Å²) in [4.78, 5) is 30.8. The van der Waals surface area contributed by atoms with E-state index in [0.717, 1.165) is 6.29 Å². The van der Waals surface area contributed by atoms with Crippen molar-refractivity contribution in [3.05, 3.63) is 0 Å². The zero-order valence-electron chi connectivity index (χ0n) is 5.98. The van der Waals surface area contributed by atoms with Crippen LogP contribution in [0.15, 0.2) is 0 Å². The van der Waals surface area contributed by atoms with Crippen LogP contribution in [-0.2, 0) is 14.4 Å². The molecule has 0 fully saturated rings. The number of carboxylic acid groups (broad SMARTS) is 2. The molecule has 0 saturated carbocycles. The van der Waals surface area contributed by atoms with Gasteiger partial charge in [-0.25, -0.2) is 0 Å². The number of hydrogen-bond acceptors (Lipinski definition) is 4. The number of aliphatic hydroxyl groups excluding tert-OH is 1. The van der Waals surface area contributed by atoms with Gasteiger partial charge in [0.25, 0.3) is 0 Å². The Morgan fingerprint density at radius 3 is 1.75 bits per heavy atom. The molecular weight excluding hydrogens is 168 g/mol. The molecule has 0 aliphatic carbocycles. The van der Waals surface area contributed by atoms with E-state index in [1.165, 1.54) is 0 Å². The fourth-order valence-corrected chi connectivity index (χ4v) is 0.611. The molecule has 6 nitrogen and oxygen atoms in total. The monoisotopic (exact) mass is 175 g/mol. The van der Waals surface area contributed by atoms with Crippen molar-refractivity contribution in [2.75, 3.05) is 6.61 Å². The molecule has 12 heavy (non-hydrogen) atoms. The van der Waals surface area contributed by atoms with Crippen LogP contribution >= 0.6 is 0 Å². The normalized spacial score (nSPS) is 10.8. The van der Waals surface area contributed by atoms with Gasteiger partial charge < -0.3 is 15.3 Å². The summed E-state index contributed by atoms with van der Waals surface area (Å²) in [5, 5.41) is 25.1. The Balaban J connectivity index is 4.89. The summed E-state index contributed by atoms with van der Waals surface area (Å²) in [6.45, 7) is -0.701. The van der Waals surface area contributed by atoms with Gasteiger partial charge >= 0.3 is 11.9 Å². The van der Waals surface area contributed by atoms with Crippen molar-refractivity contribution in [1.82, 2.24) is 0 Å². The Labute approximate surface area is 67.4 Å². The summed E-state index contributed by atoms with van der Waals surface area (Å²) in [5.41, 5.74) is -2.63. The van der Waals surface area contributed by atoms with Crippen molar-refractivity contribution in [1.29, 1.82) is 0 Å². The second kappa shape index (κ2) is 3.82. The molecular formula is C6H7O6. The molecule has 0 spiro atoms. The van der Waals surface area contributed by atoms with Gasteiger partial charge in [-0.15, -0.1) is 0 Å². The molecule has 67 valence electrons. The zero-order valence-corrected chi connectivity index (χ0v) is 5.98. The van der Waals surface area contributed by atoms with Crippen molar-refractivity contribution >= 4 is 18.2 Å². The van der Waals surface area contributed by atoms with Gasteiger partial charge in [-0.1, -0.05) is 0 Å². The van der Waals surface area contributed by atoms with E-state index in [9.17, 15) is 14.4 Å². The predicted molar refractivity (Wildman–Crippen MR) is 35.1 cm³/mol. The number of rotatable bonds is 5. The first kappa shape index (κ1) is 10.6. The Kier molecular flexibility index (Phi) is 3.36. The average molecular weight is 175 g/mol. The van der Waals surface area contributed by atoms with E-state index < -0.39 is 30.4 Å². The fraction of sp³-hybridized carbons (Fsp3) is 0.500. The first-order chi connectivity index (χ1) is 5.51. The number of carboxylic acids is 2. The highest BCUT2D eigenvalue weighted by Crippen LogP contribution is 2.19. The van der Waals surface area contributed by atoms with Crippen LogP contribution in [0, 0.1) is 5.41 Å². The summed E-state index contributed by atoms with van der Waals surface area (Å²) >= 11 is 0. The average Bonchev–Trinajstić information content (AvgIpc) is 1.98. The van der Waals surface area contributed by atoms with Crippen LogP contribution in [0.5, 0.6) is 0 Å². The second-order valence-electron chi connectivity index (χ2n) is 2.09. The van der Waals surface area contributed by atoms with Crippen LogP contribution < -0.4 is 0 Å². The minimum Gasteiger partial charge on any atom is -0.480 e. The van der Waals surface area contributed by atoms with Crippen LogP contribution in [0.25, 0.3) is 0 Å². The van der Waals surface area contributed by atoms with Gasteiger partial charge in [0.1, 0.15) is 0 Å². The third-order valence-electron chi connectivity index (χ3n) is 1.39. The van der Waals surface area contributed by atoms with Gasteiger partial charge in [0, 0.05) is 13.0 Å². The smallest absolute Gasteiger partial charge is 0.329 e. The standard InChI is InChI=1S/C6H7O6/c7-2-1-6(3-8,4(9)10)5(11)12/h7H,1-2H2,(H,9,10)(H,11,12). The number of carbonyl (C=O) groups excluding carboxylic acids is 1. The molecule has 0 atom stereocenters. The Morgan fingerprint density at radius 2 is 1.67 bits per heavy atom. The van der Waals surface area contributed by atoms with Crippen molar-refractivity contribution < 1.29 is 29.7 Å². The fourth-order valence-electron chi connectivity index (χ4n) is 0.611. The van der Waals surface area contributed by atoms with Crippen molar-refractivity contribution in [3.63, 3.8) is 0 Å². The van der Waals surface area contributed by atoms with E-state index in [1.807, 2.05) is 0 Å². The molecule has 0 aromatic heterocycles. The lowest BCUT2D eigenvalue weighted by atomic mass is 9.87. The minimum absolute atomic E-state index is 0.679. The number of carbonyl (C=O) groups is 2. The van der Waals surface area contributed by atoms with E-state index in [4.69, 9.17) is 15.3 Å². The molecule has 0 amide bonds. The molecule has 0 aliphatic heterocycles. The highest BCUT2D eigenvalue weighted by molar-refractivity contribution is 6.12. The summed E-state index contributed by atoms with van der Waals surface area (Å²) in [6, 6.07) is 0. The molecule has 0 heterocycles. The first-order valence-corrected chi connectivity index (χ1v) is 2.98. The second-order valence-corrected chi connectivity index (χ2v) is 2.09. The SMILES string of the molecule is O=[C]C(CCO)(C(=O)O)C(=O)O. The lowest BCUT2D eigenvalue weighted by Gasteiger charge is -2.14. The van der Waals surface area contributed by atoms with E-state index in [0.29, 0.717) is 0 Å². The van der Waals surface area contributed by atoms with E-state index >= 15 is 0 Å². The maximum absolute atomic E-state index is 10.3. The van der Waals surface area contributed by atoms with Gasteiger partial charge in [0.05, 0.1) is 0 Å². The summed E-state index contributed by atoms with van der Waals surface area (Å²) < 4.78 is 0. The van der Waals surface area contributed by atoms with Gasteiger partial charge in [0.15, 0.2) is 0 Å². The van der Waals surface area contributed by atoms with Gasteiger partial charge in [-0.2, -0.15) is 0 Å². The van der Waals surface area contributed by atoms with E-state index in [-0.39, 0.29) is 0 Å². The maximum Gasteiger partial charge on any atom is 0.329 e. The third-order valence-corrected chi connectivity index (χ3v) is 1.39. The van der Waals surface area contributed by atoms with Crippen LogP contribution in [0.1, 0.15) is 6.42 Å². The quantitative estimate of drug-likeness (QED) is 0.444. The number of aliphatic carboxylic acids is 2. The van der Waals surface area contributed by atoms with Crippen LogP contribution in [0.2, 0.25) is 0 Å². The largest absolute Gasteiger partial charge is 0.480 e. The summed E-state index contributed by atoms with van der Waals surface area (Å²) in [7, 11) is 0. The molecule has 6 heteroatoms.